The predicted molar refractivity (Wildman–Crippen MR) is 88.3 cm³/mol. The molecule has 0 aliphatic carbocycles. The summed E-state index contributed by atoms with van der Waals surface area (Å²) < 4.78 is 12.9. The molecule has 1 unspecified atom stereocenters. The van der Waals surface area contributed by atoms with E-state index < -0.39 is 5.60 Å². The van der Waals surface area contributed by atoms with E-state index in [0.717, 1.165) is 16.3 Å². The van der Waals surface area contributed by atoms with Crippen LogP contribution in [0.1, 0.15) is 36.2 Å². The van der Waals surface area contributed by atoms with Gasteiger partial charge in [0.2, 0.25) is 0 Å². The number of nitrogens with one attached hydrogen (secondary N) is 1. The molecule has 0 saturated carbocycles. The second kappa shape index (κ2) is 7.31. The number of hydrogen-bond donors (Lipinski definition) is 2. The molecule has 0 amide bonds. The standard InChI is InChI=1S/C17H23FN2OS/c1-12(2)8-16-20-10-15(22-16)9-19-11-17(3,21)13-4-6-14(18)7-5-13/h4-7,10,12,19,21H,8-9,11H2,1-3H3. The molecule has 3 nitrogen and oxygen atoms in total. The number of hydrogen-bond acceptors (Lipinski definition) is 4. The lowest BCUT2D eigenvalue weighted by Crippen LogP contribution is -2.35. The normalized spacial score (nSPS) is 14.3. The van der Waals surface area contributed by atoms with E-state index >= 15 is 0 Å². The highest BCUT2D eigenvalue weighted by molar-refractivity contribution is 7.11. The average molecular weight is 322 g/mol. The molecule has 0 aliphatic rings. The van der Waals surface area contributed by atoms with Gasteiger partial charge in [0.1, 0.15) is 5.82 Å². The molecule has 0 bridgehead atoms. The van der Waals surface area contributed by atoms with Crippen LogP contribution in [0.5, 0.6) is 0 Å². The Morgan fingerprint density at radius 3 is 2.64 bits per heavy atom. The first-order chi connectivity index (χ1) is 10.4. The molecule has 1 atom stereocenters. The number of halogens is 1. The van der Waals surface area contributed by atoms with Crippen molar-refractivity contribution in [3.8, 4) is 0 Å². The van der Waals surface area contributed by atoms with E-state index in [0.29, 0.717) is 24.6 Å². The molecule has 1 aromatic heterocycles. The topological polar surface area (TPSA) is 45.2 Å². The summed E-state index contributed by atoms with van der Waals surface area (Å²) in [6.07, 6.45) is 2.89. The lowest BCUT2D eigenvalue weighted by Gasteiger charge is -2.24. The smallest absolute Gasteiger partial charge is 0.123 e. The van der Waals surface area contributed by atoms with E-state index in [2.05, 4.69) is 24.1 Å². The van der Waals surface area contributed by atoms with Crippen molar-refractivity contribution in [2.45, 2.75) is 39.3 Å². The maximum absolute atomic E-state index is 12.9. The first kappa shape index (κ1) is 17.1. The van der Waals surface area contributed by atoms with E-state index in [9.17, 15) is 9.50 Å². The summed E-state index contributed by atoms with van der Waals surface area (Å²) in [5.41, 5.74) is -0.328. The van der Waals surface area contributed by atoms with Gasteiger partial charge in [-0.2, -0.15) is 0 Å². The van der Waals surface area contributed by atoms with Crippen LogP contribution in [0.3, 0.4) is 0 Å². The van der Waals surface area contributed by atoms with Crippen molar-refractivity contribution in [3.63, 3.8) is 0 Å². The number of thiazole rings is 1. The summed E-state index contributed by atoms with van der Waals surface area (Å²) in [6.45, 7) is 7.16. The minimum atomic E-state index is -1.03. The van der Waals surface area contributed by atoms with E-state index in [1.54, 1.807) is 30.4 Å². The van der Waals surface area contributed by atoms with E-state index in [1.807, 2.05) is 6.20 Å². The van der Waals surface area contributed by atoms with Gasteiger partial charge in [-0.25, -0.2) is 9.37 Å². The summed E-state index contributed by atoms with van der Waals surface area (Å²) in [5.74, 6) is 0.306. The molecule has 2 aromatic rings. The molecule has 0 saturated heterocycles. The van der Waals surface area contributed by atoms with Crippen molar-refractivity contribution in [1.82, 2.24) is 10.3 Å². The zero-order valence-corrected chi connectivity index (χ0v) is 14.1. The summed E-state index contributed by atoms with van der Waals surface area (Å²) in [6, 6.07) is 5.96. The quantitative estimate of drug-likeness (QED) is 0.820. The van der Waals surface area contributed by atoms with Crippen LogP contribution in [0.25, 0.3) is 0 Å². The second-order valence-electron chi connectivity index (χ2n) is 6.20. The van der Waals surface area contributed by atoms with Gasteiger partial charge in [0, 0.05) is 30.6 Å². The Labute approximate surface area is 135 Å². The SMILES string of the molecule is CC(C)Cc1ncc(CNCC(C)(O)c2ccc(F)cc2)s1. The Balaban J connectivity index is 1.87. The summed E-state index contributed by atoms with van der Waals surface area (Å²) in [7, 11) is 0. The van der Waals surface area contributed by atoms with Crippen LogP contribution in [0.4, 0.5) is 4.39 Å². The van der Waals surface area contributed by atoms with Gasteiger partial charge in [-0.1, -0.05) is 26.0 Å². The highest BCUT2D eigenvalue weighted by Crippen LogP contribution is 2.21. The molecule has 1 aromatic carbocycles. The first-order valence-corrected chi connectivity index (χ1v) is 8.31. The summed E-state index contributed by atoms with van der Waals surface area (Å²) >= 11 is 1.70. The molecule has 0 aliphatic heterocycles. The van der Waals surface area contributed by atoms with Crippen LogP contribution in [-0.4, -0.2) is 16.6 Å². The van der Waals surface area contributed by atoms with Gasteiger partial charge in [0.25, 0.3) is 0 Å². The number of rotatable bonds is 7. The van der Waals surface area contributed by atoms with E-state index in [4.69, 9.17) is 0 Å². The number of benzene rings is 1. The first-order valence-electron chi connectivity index (χ1n) is 7.49. The minimum Gasteiger partial charge on any atom is -0.384 e. The molecular formula is C17H23FN2OS. The van der Waals surface area contributed by atoms with Crippen LogP contribution in [0.2, 0.25) is 0 Å². The molecule has 2 rings (SSSR count). The second-order valence-corrected chi connectivity index (χ2v) is 7.40. The molecular weight excluding hydrogens is 299 g/mol. The highest BCUT2D eigenvalue weighted by Gasteiger charge is 2.22. The molecule has 0 spiro atoms. The monoisotopic (exact) mass is 322 g/mol. The van der Waals surface area contributed by atoms with Crippen LogP contribution in [0, 0.1) is 11.7 Å². The number of nitrogens with zero attached hydrogens (tertiary/aromatic N) is 1. The lowest BCUT2D eigenvalue weighted by molar-refractivity contribution is 0.0567. The highest BCUT2D eigenvalue weighted by atomic mass is 32.1. The molecule has 2 N–H and O–H groups in total. The van der Waals surface area contributed by atoms with Crippen molar-refractivity contribution < 1.29 is 9.50 Å². The van der Waals surface area contributed by atoms with Crippen molar-refractivity contribution in [2.75, 3.05) is 6.54 Å². The third-order valence-electron chi connectivity index (χ3n) is 3.42. The van der Waals surface area contributed by atoms with Gasteiger partial charge in [0.15, 0.2) is 0 Å². The van der Waals surface area contributed by atoms with Gasteiger partial charge in [-0.3, -0.25) is 0 Å². The van der Waals surface area contributed by atoms with Crippen molar-refractivity contribution >= 4 is 11.3 Å². The zero-order chi connectivity index (χ0) is 16.2. The fourth-order valence-corrected chi connectivity index (χ4v) is 3.32. The van der Waals surface area contributed by atoms with E-state index in [-0.39, 0.29) is 5.82 Å². The lowest BCUT2D eigenvalue weighted by atomic mass is 9.96. The Morgan fingerprint density at radius 2 is 2.00 bits per heavy atom. The predicted octanol–water partition coefficient (Wildman–Crippen LogP) is 3.48. The van der Waals surface area contributed by atoms with Crippen LogP contribution in [-0.2, 0) is 18.6 Å². The molecule has 5 heteroatoms. The van der Waals surface area contributed by atoms with Gasteiger partial charge < -0.3 is 10.4 Å². The largest absolute Gasteiger partial charge is 0.384 e. The molecule has 22 heavy (non-hydrogen) atoms. The maximum Gasteiger partial charge on any atom is 0.123 e. The van der Waals surface area contributed by atoms with Crippen LogP contribution < -0.4 is 5.32 Å². The van der Waals surface area contributed by atoms with Gasteiger partial charge >= 0.3 is 0 Å². The number of aromatic nitrogens is 1. The molecule has 1 heterocycles. The van der Waals surface area contributed by atoms with Gasteiger partial charge in [-0.05, 0) is 30.5 Å². The average Bonchev–Trinajstić information content (AvgIpc) is 2.85. The third-order valence-corrected chi connectivity index (χ3v) is 4.44. The van der Waals surface area contributed by atoms with Crippen LogP contribution in [0.15, 0.2) is 30.5 Å². The Morgan fingerprint density at radius 1 is 1.32 bits per heavy atom. The summed E-state index contributed by atoms with van der Waals surface area (Å²) in [4.78, 5) is 5.57. The van der Waals surface area contributed by atoms with Crippen molar-refractivity contribution in [1.29, 1.82) is 0 Å². The third kappa shape index (κ3) is 4.87. The van der Waals surface area contributed by atoms with Crippen LogP contribution >= 0.6 is 11.3 Å². The minimum absolute atomic E-state index is 0.296. The fourth-order valence-electron chi connectivity index (χ4n) is 2.21. The van der Waals surface area contributed by atoms with Gasteiger partial charge in [0.05, 0.1) is 10.6 Å². The van der Waals surface area contributed by atoms with Crippen molar-refractivity contribution in [3.05, 3.63) is 51.7 Å². The Bertz CT molecular complexity index is 593. The Kier molecular flexibility index (Phi) is 5.67. The maximum atomic E-state index is 12.9. The number of aliphatic hydroxyl groups is 1. The van der Waals surface area contributed by atoms with Crippen molar-refractivity contribution in [2.24, 2.45) is 5.92 Å². The molecule has 0 fully saturated rings. The molecule has 0 radical (unpaired) electrons. The van der Waals surface area contributed by atoms with E-state index in [1.165, 1.54) is 12.1 Å². The fraction of sp³-hybridized carbons (Fsp3) is 0.471. The van der Waals surface area contributed by atoms with Gasteiger partial charge in [-0.15, -0.1) is 11.3 Å². The summed E-state index contributed by atoms with van der Waals surface area (Å²) in [5, 5.41) is 14.9. The zero-order valence-electron chi connectivity index (χ0n) is 13.3. The molecule has 120 valence electrons. The Hall–Kier alpha value is -1.30.